The molecule has 1 saturated heterocycles. The summed E-state index contributed by atoms with van der Waals surface area (Å²) in [6, 6.07) is 14.7. The molecule has 0 bridgehead atoms. The number of benzene rings is 2. The first-order valence-corrected chi connectivity index (χ1v) is 11.3. The van der Waals surface area contributed by atoms with Gasteiger partial charge in [-0.3, -0.25) is 14.4 Å². The number of hydrogen-bond acceptors (Lipinski definition) is 4. The lowest BCUT2D eigenvalue weighted by Crippen LogP contribution is -2.33. The van der Waals surface area contributed by atoms with Crippen LogP contribution < -0.4 is 10.1 Å². The van der Waals surface area contributed by atoms with Gasteiger partial charge in [-0.1, -0.05) is 36.4 Å². The summed E-state index contributed by atoms with van der Waals surface area (Å²) in [4.78, 5) is 14.6. The number of halogens is 4. The van der Waals surface area contributed by atoms with Crippen molar-refractivity contribution >= 4 is 29.3 Å². The molecular weight excluding hydrogens is 496 g/mol. The molecule has 1 amide bonds. The number of aromatic nitrogens is 2. The van der Waals surface area contributed by atoms with Crippen molar-refractivity contribution in [2.24, 2.45) is 0 Å². The lowest BCUT2D eigenvalue weighted by Gasteiger charge is -2.23. The van der Waals surface area contributed by atoms with Crippen molar-refractivity contribution in [3.63, 3.8) is 0 Å². The van der Waals surface area contributed by atoms with Crippen LogP contribution >= 0.6 is 12.2 Å². The third-order valence-corrected chi connectivity index (χ3v) is 6.09. The summed E-state index contributed by atoms with van der Waals surface area (Å²) in [6.45, 7) is 1.64. The highest BCUT2D eigenvalue weighted by Crippen LogP contribution is 2.30. The predicted octanol–water partition coefficient (Wildman–Crippen LogP) is 5.63. The Kier molecular flexibility index (Phi) is 7.39. The standard InChI is InChI=1S/C25H22F4N4O2S/c1-14(16-6-4-3-5-7-16)33-24(34)19(30-25(33)36)11-15-8-9-21(35-2)17(10-15)13-32-20(23(28)29)12-18(31-32)22(26)27/h3-12,14,22-23H,13H2,1-2H3,(H,30,36)/b19-11-. The van der Waals surface area contributed by atoms with Crippen LogP contribution in [-0.4, -0.2) is 32.8 Å². The van der Waals surface area contributed by atoms with Crippen molar-refractivity contribution in [3.8, 4) is 5.75 Å². The van der Waals surface area contributed by atoms with Gasteiger partial charge in [0.15, 0.2) is 5.11 Å². The van der Waals surface area contributed by atoms with Gasteiger partial charge in [0.1, 0.15) is 22.8 Å². The molecule has 2 aromatic carbocycles. The smallest absolute Gasteiger partial charge is 0.282 e. The molecule has 36 heavy (non-hydrogen) atoms. The van der Waals surface area contributed by atoms with Gasteiger partial charge in [0.25, 0.3) is 18.8 Å². The van der Waals surface area contributed by atoms with E-state index in [1.807, 2.05) is 37.3 Å². The summed E-state index contributed by atoms with van der Waals surface area (Å²) >= 11 is 5.39. The van der Waals surface area contributed by atoms with E-state index in [9.17, 15) is 22.4 Å². The maximum Gasteiger partial charge on any atom is 0.282 e. The third kappa shape index (κ3) is 5.11. The van der Waals surface area contributed by atoms with Crippen molar-refractivity contribution in [2.45, 2.75) is 32.4 Å². The van der Waals surface area contributed by atoms with Crippen LogP contribution in [0.25, 0.3) is 6.08 Å². The molecule has 6 nitrogen and oxygen atoms in total. The highest BCUT2D eigenvalue weighted by Gasteiger charge is 2.34. The van der Waals surface area contributed by atoms with Crippen molar-refractivity contribution in [3.05, 3.63) is 88.4 Å². The minimum Gasteiger partial charge on any atom is -0.496 e. The van der Waals surface area contributed by atoms with E-state index in [-0.39, 0.29) is 29.3 Å². The van der Waals surface area contributed by atoms with Crippen molar-refractivity contribution in [2.75, 3.05) is 7.11 Å². The summed E-state index contributed by atoms with van der Waals surface area (Å²) in [5.74, 6) is 0.0365. The molecule has 3 aromatic rings. The summed E-state index contributed by atoms with van der Waals surface area (Å²) in [6.07, 6.45) is -4.39. The number of amides is 1. The van der Waals surface area contributed by atoms with Gasteiger partial charge in [0.05, 0.1) is 19.7 Å². The third-order valence-electron chi connectivity index (χ3n) is 5.79. The molecule has 0 radical (unpaired) electrons. The summed E-state index contributed by atoms with van der Waals surface area (Å²) in [7, 11) is 1.40. The van der Waals surface area contributed by atoms with Gasteiger partial charge in [-0.15, -0.1) is 0 Å². The topological polar surface area (TPSA) is 59.4 Å². The quantitative estimate of drug-likeness (QED) is 0.238. The Morgan fingerprint density at radius 3 is 2.44 bits per heavy atom. The number of thiocarbonyl (C=S) groups is 1. The first-order valence-electron chi connectivity index (χ1n) is 10.9. The molecule has 1 aromatic heterocycles. The fourth-order valence-electron chi connectivity index (χ4n) is 3.98. The second-order valence-electron chi connectivity index (χ2n) is 8.07. The van der Waals surface area contributed by atoms with E-state index in [1.165, 1.54) is 12.0 Å². The Balaban J connectivity index is 1.63. The van der Waals surface area contributed by atoms with E-state index in [0.29, 0.717) is 22.9 Å². The minimum atomic E-state index is -2.99. The van der Waals surface area contributed by atoms with Crippen molar-refractivity contribution in [1.29, 1.82) is 0 Å². The molecule has 1 N–H and O–H groups in total. The zero-order valence-corrected chi connectivity index (χ0v) is 20.1. The van der Waals surface area contributed by atoms with E-state index < -0.39 is 24.2 Å². The molecule has 11 heteroatoms. The zero-order valence-electron chi connectivity index (χ0n) is 19.3. The SMILES string of the molecule is COc1ccc(/C=C2\NC(=S)N(C(C)c3ccccc3)C2=O)cc1Cn1nc(C(F)F)cc1C(F)F. The zero-order chi connectivity index (χ0) is 26.0. The van der Waals surface area contributed by atoms with Gasteiger partial charge >= 0.3 is 0 Å². The molecule has 188 valence electrons. The molecule has 1 unspecified atom stereocenters. The lowest BCUT2D eigenvalue weighted by molar-refractivity contribution is -0.123. The van der Waals surface area contributed by atoms with Gasteiger partial charge < -0.3 is 10.1 Å². The van der Waals surface area contributed by atoms with Gasteiger partial charge in [0, 0.05) is 5.56 Å². The van der Waals surface area contributed by atoms with E-state index in [1.54, 1.807) is 24.3 Å². The molecule has 1 aliphatic heterocycles. The Hall–Kier alpha value is -3.73. The molecule has 2 heterocycles. The average Bonchev–Trinajstić information content (AvgIpc) is 3.40. The highest BCUT2D eigenvalue weighted by atomic mass is 32.1. The van der Waals surface area contributed by atoms with E-state index in [4.69, 9.17) is 17.0 Å². The van der Waals surface area contributed by atoms with Crippen molar-refractivity contribution in [1.82, 2.24) is 20.0 Å². The van der Waals surface area contributed by atoms with E-state index in [2.05, 4.69) is 10.4 Å². The van der Waals surface area contributed by atoms with Crippen LogP contribution in [0.1, 0.15) is 53.9 Å². The number of ether oxygens (including phenoxy) is 1. The number of carbonyl (C=O) groups excluding carboxylic acids is 1. The second-order valence-corrected chi connectivity index (χ2v) is 8.46. The lowest BCUT2D eigenvalue weighted by atomic mass is 10.1. The molecule has 1 aliphatic rings. The fraction of sp³-hybridized carbons (Fsp3) is 0.240. The second kappa shape index (κ2) is 10.5. The normalized spacial score (nSPS) is 15.8. The van der Waals surface area contributed by atoms with Gasteiger partial charge in [-0.25, -0.2) is 17.6 Å². The molecule has 1 fully saturated rings. The predicted molar refractivity (Wildman–Crippen MR) is 130 cm³/mol. The number of methoxy groups -OCH3 is 1. The summed E-state index contributed by atoms with van der Waals surface area (Å²) in [5, 5.41) is 6.83. The van der Waals surface area contributed by atoms with Crippen LogP contribution in [0.4, 0.5) is 17.6 Å². The Labute approximate surface area is 210 Å². The Morgan fingerprint density at radius 1 is 1.08 bits per heavy atom. The molecule has 0 aliphatic carbocycles. The van der Waals surface area contributed by atoms with Crippen LogP contribution in [0.5, 0.6) is 5.75 Å². The number of nitrogens with zero attached hydrogens (tertiary/aromatic N) is 3. The fourth-order valence-corrected chi connectivity index (χ4v) is 4.33. The minimum absolute atomic E-state index is 0.233. The maximum absolute atomic E-state index is 13.4. The van der Waals surface area contributed by atoms with Crippen LogP contribution in [0, 0.1) is 0 Å². The number of rotatable bonds is 8. The first-order chi connectivity index (χ1) is 17.2. The first kappa shape index (κ1) is 25.4. The van der Waals surface area contributed by atoms with E-state index in [0.717, 1.165) is 10.2 Å². The maximum atomic E-state index is 13.4. The Bertz CT molecular complexity index is 1310. The largest absolute Gasteiger partial charge is 0.496 e. The molecular formula is C25H22F4N4O2S. The van der Waals surface area contributed by atoms with Crippen LogP contribution in [0.2, 0.25) is 0 Å². The van der Waals surface area contributed by atoms with Gasteiger partial charge in [-0.2, -0.15) is 5.10 Å². The van der Waals surface area contributed by atoms with E-state index >= 15 is 0 Å². The van der Waals surface area contributed by atoms with Crippen LogP contribution in [0.3, 0.4) is 0 Å². The molecule has 0 spiro atoms. The van der Waals surface area contributed by atoms with Gasteiger partial charge in [0.2, 0.25) is 0 Å². The number of alkyl halides is 4. The average molecular weight is 519 g/mol. The summed E-state index contributed by atoms with van der Waals surface area (Å²) in [5.41, 5.74) is 0.772. The molecule has 1 atom stereocenters. The van der Waals surface area contributed by atoms with Crippen molar-refractivity contribution < 1.29 is 27.1 Å². The van der Waals surface area contributed by atoms with Gasteiger partial charge in [-0.05, 0) is 54.5 Å². The molecule has 0 saturated carbocycles. The van der Waals surface area contributed by atoms with Crippen LogP contribution in [-0.2, 0) is 11.3 Å². The number of carbonyl (C=O) groups is 1. The number of nitrogens with one attached hydrogen (secondary N) is 1. The Morgan fingerprint density at radius 2 is 1.81 bits per heavy atom. The monoisotopic (exact) mass is 518 g/mol. The molecule has 4 rings (SSSR count). The highest BCUT2D eigenvalue weighted by molar-refractivity contribution is 7.80. The summed E-state index contributed by atoms with van der Waals surface area (Å²) < 4.78 is 59.1. The van der Waals surface area contributed by atoms with Crippen LogP contribution in [0.15, 0.2) is 60.3 Å². The number of hydrogen-bond donors (Lipinski definition) is 1.